The molecule has 2 aromatic heterocycles. The van der Waals surface area contributed by atoms with Crippen LogP contribution in [-0.2, 0) is 5.54 Å². The van der Waals surface area contributed by atoms with E-state index in [-0.39, 0.29) is 5.54 Å². The van der Waals surface area contributed by atoms with Crippen LogP contribution in [0.25, 0.3) is 4.96 Å². The summed E-state index contributed by atoms with van der Waals surface area (Å²) in [5.74, 6) is 0.833. The van der Waals surface area contributed by atoms with Gasteiger partial charge in [0.05, 0.1) is 5.54 Å². The Labute approximate surface area is 92.5 Å². The number of nitrogens with one attached hydrogen (secondary N) is 1. The molecule has 82 valence electrons. The van der Waals surface area contributed by atoms with Gasteiger partial charge < -0.3 is 5.32 Å². The molecular formula is C9H15N5S. The zero-order valence-electron chi connectivity index (χ0n) is 9.40. The summed E-state index contributed by atoms with van der Waals surface area (Å²) in [6, 6.07) is 0. The third kappa shape index (κ3) is 1.74. The van der Waals surface area contributed by atoms with Crippen molar-refractivity contribution >= 4 is 16.3 Å². The van der Waals surface area contributed by atoms with Crippen LogP contribution in [0.3, 0.4) is 0 Å². The largest absolute Gasteiger partial charge is 0.306 e. The zero-order chi connectivity index (χ0) is 11.1. The molecule has 0 saturated heterocycles. The second-order valence-corrected chi connectivity index (χ2v) is 4.96. The van der Waals surface area contributed by atoms with Crippen molar-refractivity contribution in [2.45, 2.75) is 33.2 Å². The first-order chi connectivity index (χ1) is 7.04. The predicted octanol–water partition coefficient (Wildman–Crippen LogP) is 1.34. The van der Waals surface area contributed by atoms with Gasteiger partial charge in [0, 0.05) is 0 Å². The van der Waals surface area contributed by atoms with E-state index in [0.29, 0.717) is 0 Å². The highest BCUT2D eigenvalue weighted by atomic mass is 32.1. The Kier molecular flexibility index (Phi) is 2.47. The SMILES string of the molecule is CCNC(C)(C)c1nn2c(C)nnc2s1. The molecule has 0 aliphatic heterocycles. The Balaban J connectivity index is 2.44. The molecule has 0 saturated carbocycles. The van der Waals surface area contributed by atoms with Crippen LogP contribution in [0, 0.1) is 6.92 Å². The highest BCUT2D eigenvalue weighted by Gasteiger charge is 2.24. The van der Waals surface area contributed by atoms with E-state index in [1.54, 1.807) is 15.9 Å². The number of hydrogen-bond acceptors (Lipinski definition) is 5. The number of aromatic nitrogens is 4. The first-order valence-electron chi connectivity index (χ1n) is 4.99. The number of nitrogens with zero attached hydrogens (tertiary/aromatic N) is 4. The molecule has 1 N–H and O–H groups in total. The minimum Gasteiger partial charge on any atom is -0.306 e. The van der Waals surface area contributed by atoms with Crippen LogP contribution in [0.2, 0.25) is 0 Å². The zero-order valence-corrected chi connectivity index (χ0v) is 10.2. The average Bonchev–Trinajstić information content (AvgIpc) is 2.69. The molecule has 0 amide bonds. The maximum atomic E-state index is 4.51. The molecule has 2 aromatic rings. The number of fused-ring (bicyclic) bond motifs is 1. The molecular weight excluding hydrogens is 210 g/mol. The Morgan fingerprint density at radius 2 is 2.13 bits per heavy atom. The molecule has 0 aliphatic rings. The van der Waals surface area contributed by atoms with Crippen molar-refractivity contribution in [3.05, 3.63) is 10.8 Å². The molecule has 15 heavy (non-hydrogen) atoms. The Hall–Kier alpha value is -1.01. The quantitative estimate of drug-likeness (QED) is 0.856. The van der Waals surface area contributed by atoms with Crippen LogP contribution in [0.1, 0.15) is 31.6 Å². The van der Waals surface area contributed by atoms with Crippen molar-refractivity contribution in [1.82, 2.24) is 25.1 Å². The van der Waals surface area contributed by atoms with Gasteiger partial charge in [-0.1, -0.05) is 18.3 Å². The third-order valence-electron chi connectivity index (χ3n) is 2.30. The van der Waals surface area contributed by atoms with Crippen LogP contribution >= 0.6 is 11.3 Å². The van der Waals surface area contributed by atoms with Gasteiger partial charge in [-0.25, -0.2) is 0 Å². The fourth-order valence-electron chi connectivity index (χ4n) is 1.48. The van der Waals surface area contributed by atoms with Crippen LogP contribution < -0.4 is 5.32 Å². The van der Waals surface area contributed by atoms with Crippen LogP contribution in [0.4, 0.5) is 0 Å². The topological polar surface area (TPSA) is 55.1 Å². The van der Waals surface area contributed by atoms with Crippen molar-refractivity contribution in [3.8, 4) is 0 Å². The molecule has 6 heteroatoms. The molecule has 5 nitrogen and oxygen atoms in total. The van der Waals surface area contributed by atoms with Gasteiger partial charge in [-0.15, -0.1) is 10.2 Å². The van der Waals surface area contributed by atoms with Gasteiger partial charge in [-0.05, 0) is 27.3 Å². The van der Waals surface area contributed by atoms with Crippen LogP contribution in [-0.4, -0.2) is 26.4 Å². The molecule has 2 heterocycles. The monoisotopic (exact) mass is 225 g/mol. The van der Waals surface area contributed by atoms with Crippen molar-refractivity contribution in [3.63, 3.8) is 0 Å². The van der Waals surface area contributed by atoms with Gasteiger partial charge in [0.15, 0.2) is 5.82 Å². The van der Waals surface area contributed by atoms with Gasteiger partial charge in [0.25, 0.3) is 0 Å². The van der Waals surface area contributed by atoms with Crippen LogP contribution in [0.15, 0.2) is 0 Å². The average molecular weight is 225 g/mol. The molecule has 0 spiro atoms. The van der Waals surface area contributed by atoms with E-state index in [0.717, 1.165) is 22.3 Å². The number of rotatable bonds is 3. The Morgan fingerprint density at radius 1 is 1.40 bits per heavy atom. The van der Waals surface area contributed by atoms with Gasteiger partial charge >= 0.3 is 0 Å². The van der Waals surface area contributed by atoms with E-state index in [1.165, 1.54) is 0 Å². The Bertz CT molecular complexity index is 470. The lowest BCUT2D eigenvalue weighted by Crippen LogP contribution is -2.36. The minimum absolute atomic E-state index is 0.105. The molecule has 0 bridgehead atoms. The lowest BCUT2D eigenvalue weighted by Gasteiger charge is -2.21. The van der Waals surface area contributed by atoms with Crippen molar-refractivity contribution in [1.29, 1.82) is 0 Å². The van der Waals surface area contributed by atoms with Gasteiger partial charge in [-0.3, -0.25) is 0 Å². The summed E-state index contributed by atoms with van der Waals surface area (Å²) in [6.45, 7) is 9.16. The highest BCUT2D eigenvalue weighted by molar-refractivity contribution is 7.16. The summed E-state index contributed by atoms with van der Waals surface area (Å²) in [6.07, 6.45) is 0. The number of aryl methyl sites for hydroxylation is 1. The first-order valence-corrected chi connectivity index (χ1v) is 5.80. The fraction of sp³-hybridized carbons (Fsp3) is 0.667. The van der Waals surface area contributed by atoms with Gasteiger partial charge in [0.2, 0.25) is 4.96 Å². The summed E-state index contributed by atoms with van der Waals surface area (Å²) in [4.78, 5) is 0.855. The van der Waals surface area contributed by atoms with Crippen molar-refractivity contribution < 1.29 is 0 Å². The smallest absolute Gasteiger partial charge is 0.234 e. The maximum Gasteiger partial charge on any atom is 0.234 e. The van der Waals surface area contributed by atoms with Gasteiger partial charge in [0.1, 0.15) is 5.01 Å². The molecule has 0 fully saturated rings. The highest BCUT2D eigenvalue weighted by Crippen LogP contribution is 2.25. The molecule has 0 aliphatic carbocycles. The Morgan fingerprint density at radius 3 is 2.73 bits per heavy atom. The summed E-state index contributed by atoms with van der Waals surface area (Å²) >= 11 is 1.58. The molecule has 0 aromatic carbocycles. The van der Waals surface area contributed by atoms with E-state index in [9.17, 15) is 0 Å². The maximum absolute atomic E-state index is 4.51. The normalized spacial score (nSPS) is 12.5. The predicted molar refractivity (Wildman–Crippen MR) is 60.1 cm³/mol. The molecule has 0 radical (unpaired) electrons. The third-order valence-corrected chi connectivity index (χ3v) is 3.52. The van der Waals surface area contributed by atoms with E-state index in [4.69, 9.17) is 0 Å². The fourth-order valence-corrected chi connectivity index (χ4v) is 2.45. The minimum atomic E-state index is -0.105. The van der Waals surface area contributed by atoms with Crippen molar-refractivity contribution in [2.75, 3.05) is 6.54 Å². The van der Waals surface area contributed by atoms with Gasteiger partial charge in [-0.2, -0.15) is 9.61 Å². The lowest BCUT2D eigenvalue weighted by molar-refractivity contribution is 0.409. The lowest BCUT2D eigenvalue weighted by atomic mass is 10.1. The standard InChI is InChI=1S/C9H15N5S/c1-5-10-9(3,4)7-13-14-6(2)11-12-8(14)15-7/h10H,5H2,1-4H3. The van der Waals surface area contributed by atoms with E-state index >= 15 is 0 Å². The molecule has 2 rings (SSSR count). The molecule has 0 unspecified atom stereocenters. The summed E-state index contributed by atoms with van der Waals surface area (Å²) in [7, 11) is 0. The van der Waals surface area contributed by atoms with Crippen molar-refractivity contribution in [2.24, 2.45) is 0 Å². The summed E-state index contributed by atoms with van der Waals surface area (Å²) in [5.41, 5.74) is -0.105. The summed E-state index contributed by atoms with van der Waals surface area (Å²) < 4.78 is 1.79. The summed E-state index contributed by atoms with van der Waals surface area (Å²) in [5, 5.41) is 17.0. The number of hydrogen-bond donors (Lipinski definition) is 1. The van der Waals surface area contributed by atoms with E-state index in [1.807, 2.05) is 6.92 Å². The second kappa shape index (κ2) is 3.53. The van der Waals surface area contributed by atoms with E-state index < -0.39 is 0 Å². The van der Waals surface area contributed by atoms with Crippen LogP contribution in [0.5, 0.6) is 0 Å². The first kappa shape index (κ1) is 10.5. The van der Waals surface area contributed by atoms with E-state index in [2.05, 4.69) is 41.4 Å². The second-order valence-electron chi connectivity index (χ2n) is 4.00. The molecule has 0 atom stereocenters.